The van der Waals surface area contributed by atoms with Crippen LogP contribution >= 0.6 is 0 Å². The summed E-state index contributed by atoms with van der Waals surface area (Å²) in [6.45, 7) is 0.416. The summed E-state index contributed by atoms with van der Waals surface area (Å²) in [6.07, 6.45) is 3.24. The number of anilines is 1. The molecule has 0 saturated heterocycles. The van der Waals surface area contributed by atoms with Crippen LogP contribution in [0, 0.1) is 5.82 Å². The molecule has 0 atom stereocenters. The Morgan fingerprint density at radius 1 is 1.20 bits per heavy atom. The molecule has 0 aliphatic rings. The lowest BCUT2D eigenvalue weighted by atomic mass is 10.2. The van der Waals surface area contributed by atoms with Gasteiger partial charge in [-0.15, -0.1) is 0 Å². The van der Waals surface area contributed by atoms with E-state index in [4.69, 9.17) is 0 Å². The third kappa shape index (κ3) is 3.12. The zero-order valence-electron chi connectivity index (χ0n) is 13.1. The quantitative estimate of drug-likeness (QED) is 0.601. The van der Waals surface area contributed by atoms with Gasteiger partial charge in [-0.25, -0.2) is 4.39 Å². The fourth-order valence-electron chi connectivity index (χ4n) is 2.66. The highest BCUT2D eigenvalue weighted by Gasteiger charge is 2.14. The van der Waals surface area contributed by atoms with E-state index in [1.165, 1.54) is 12.1 Å². The molecule has 7 heteroatoms. The number of nitrogens with zero attached hydrogens (tertiary/aromatic N) is 3. The summed E-state index contributed by atoms with van der Waals surface area (Å²) >= 11 is 0. The molecule has 0 fully saturated rings. The Bertz CT molecular complexity index is 1050. The molecule has 0 unspecified atom stereocenters. The molecule has 25 heavy (non-hydrogen) atoms. The predicted octanol–water partition coefficient (Wildman–Crippen LogP) is 3.20. The smallest absolute Gasteiger partial charge is 0.276 e. The fraction of sp³-hybridized carbons (Fsp3) is 0.0556. The first-order valence-corrected chi connectivity index (χ1v) is 7.70. The van der Waals surface area contributed by atoms with E-state index in [2.05, 4.69) is 20.6 Å². The van der Waals surface area contributed by atoms with E-state index >= 15 is 0 Å². The normalized spacial score (nSPS) is 10.9. The molecule has 4 rings (SSSR count). The molecule has 6 nitrogen and oxygen atoms in total. The molecule has 0 aliphatic carbocycles. The van der Waals surface area contributed by atoms with E-state index in [-0.39, 0.29) is 11.7 Å². The molecule has 2 heterocycles. The van der Waals surface area contributed by atoms with Crippen molar-refractivity contribution in [3.05, 3.63) is 78.0 Å². The number of para-hydroxylation sites is 1. The molecule has 124 valence electrons. The first kappa shape index (κ1) is 15.1. The molecule has 0 bridgehead atoms. The molecular formula is C18H14FN5O. The van der Waals surface area contributed by atoms with Crippen LogP contribution in [0.25, 0.3) is 10.9 Å². The molecular weight excluding hydrogens is 321 g/mol. The van der Waals surface area contributed by atoms with Crippen LogP contribution in [0.2, 0.25) is 0 Å². The molecule has 2 aromatic heterocycles. The van der Waals surface area contributed by atoms with Gasteiger partial charge in [-0.2, -0.15) is 10.2 Å². The summed E-state index contributed by atoms with van der Waals surface area (Å²) in [6, 6.07) is 13.7. The van der Waals surface area contributed by atoms with E-state index in [0.29, 0.717) is 17.9 Å². The average Bonchev–Trinajstić information content (AvgIpc) is 3.21. The highest BCUT2D eigenvalue weighted by molar-refractivity contribution is 6.10. The van der Waals surface area contributed by atoms with Crippen molar-refractivity contribution in [1.29, 1.82) is 0 Å². The Morgan fingerprint density at radius 3 is 2.96 bits per heavy atom. The lowest BCUT2D eigenvalue weighted by Crippen LogP contribution is -2.12. The number of rotatable bonds is 4. The number of carbonyl (C=O) groups is 1. The van der Waals surface area contributed by atoms with E-state index < -0.39 is 0 Å². The number of H-pyrrole nitrogens is 1. The number of benzene rings is 2. The van der Waals surface area contributed by atoms with Gasteiger partial charge in [0, 0.05) is 11.6 Å². The van der Waals surface area contributed by atoms with Gasteiger partial charge >= 0.3 is 0 Å². The van der Waals surface area contributed by atoms with E-state index in [9.17, 15) is 9.18 Å². The number of aromatic nitrogens is 4. The van der Waals surface area contributed by atoms with Crippen molar-refractivity contribution in [3.8, 4) is 0 Å². The van der Waals surface area contributed by atoms with Gasteiger partial charge in [-0.1, -0.05) is 30.3 Å². The van der Waals surface area contributed by atoms with Crippen molar-refractivity contribution in [2.45, 2.75) is 6.54 Å². The van der Waals surface area contributed by atoms with Gasteiger partial charge in [-0.05, 0) is 23.8 Å². The Balaban J connectivity index is 1.50. The Morgan fingerprint density at radius 2 is 2.08 bits per heavy atom. The lowest BCUT2D eigenvalue weighted by Gasteiger charge is -2.02. The zero-order valence-corrected chi connectivity index (χ0v) is 13.1. The van der Waals surface area contributed by atoms with Gasteiger partial charge < -0.3 is 5.32 Å². The zero-order chi connectivity index (χ0) is 17.2. The highest BCUT2D eigenvalue weighted by Crippen LogP contribution is 2.17. The van der Waals surface area contributed by atoms with Gasteiger partial charge in [0.05, 0.1) is 23.9 Å². The van der Waals surface area contributed by atoms with Crippen LogP contribution in [-0.2, 0) is 6.54 Å². The van der Waals surface area contributed by atoms with Crippen molar-refractivity contribution >= 4 is 22.5 Å². The molecule has 4 aromatic rings. The van der Waals surface area contributed by atoms with Gasteiger partial charge in [0.15, 0.2) is 5.69 Å². The summed E-state index contributed by atoms with van der Waals surface area (Å²) < 4.78 is 14.9. The first-order valence-electron chi connectivity index (χ1n) is 7.70. The number of amides is 1. The van der Waals surface area contributed by atoms with E-state index in [0.717, 1.165) is 16.5 Å². The number of fused-ring (bicyclic) bond motifs is 1. The minimum absolute atomic E-state index is 0.288. The lowest BCUT2D eigenvalue weighted by molar-refractivity contribution is 0.102. The average molecular weight is 335 g/mol. The summed E-state index contributed by atoms with van der Waals surface area (Å²) in [5.74, 6) is -0.605. The van der Waals surface area contributed by atoms with E-state index in [1.54, 1.807) is 23.1 Å². The van der Waals surface area contributed by atoms with Crippen molar-refractivity contribution in [2.75, 3.05) is 5.32 Å². The second-order valence-electron chi connectivity index (χ2n) is 5.63. The third-order valence-electron chi connectivity index (χ3n) is 3.81. The number of hydrogen-bond acceptors (Lipinski definition) is 3. The highest BCUT2D eigenvalue weighted by atomic mass is 19.1. The Kier molecular flexibility index (Phi) is 3.74. The van der Waals surface area contributed by atoms with Crippen LogP contribution in [0.4, 0.5) is 10.1 Å². The maximum absolute atomic E-state index is 13.2. The second kappa shape index (κ2) is 6.20. The molecule has 0 spiro atoms. The largest absolute Gasteiger partial charge is 0.318 e. The Hall–Kier alpha value is -3.48. The minimum atomic E-state index is -0.317. The van der Waals surface area contributed by atoms with Crippen LogP contribution in [0.15, 0.2) is 60.9 Å². The molecule has 2 N–H and O–H groups in total. The number of aromatic amines is 1. The van der Waals surface area contributed by atoms with Crippen LogP contribution in [0.5, 0.6) is 0 Å². The summed E-state index contributed by atoms with van der Waals surface area (Å²) in [4.78, 5) is 12.4. The van der Waals surface area contributed by atoms with Gasteiger partial charge in [0.25, 0.3) is 5.91 Å². The van der Waals surface area contributed by atoms with Gasteiger partial charge in [0.1, 0.15) is 5.82 Å². The number of halogens is 1. The monoisotopic (exact) mass is 335 g/mol. The molecule has 0 radical (unpaired) electrons. The fourth-order valence-corrected chi connectivity index (χ4v) is 2.66. The van der Waals surface area contributed by atoms with Gasteiger partial charge in [-0.3, -0.25) is 14.6 Å². The van der Waals surface area contributed by atoms with Crippen molar-refractivity contribution in [3.63, 3.8) is 0 Å². The molecule has 1 amide bonds. The van der Waals surface area contributed by atoms with Crippen LogP contribution in [-0.4, -0.2) is 25.9 Å². The maximum atomic E-state index is 13.2. The third-order valence-corrected chi connectivity index (χ3v) is 3.81. The Labute approximate surface area is 142 Å². The van der Waals surface area contributed by atoms with Crippen LogP contribution in [0.3, 0.4) is 0 Å². The van der Waals surface area contributed by atoms with Crippen molar-refractivity contribution in [2.24, 2.45) is 0 Å². The number of hydrogen-bond donors (Lipinski definition) is 2. The van der Waals surface area contributed by atoms with Crippen LogP contribution < -0.4 is 5.32 Å². The SMILES string of the molecule is O=C(Nc1cnn(Cc2cccc(F)c2)c1)c1n[nH]c2ccccc12. The van der Waals surface area contributed by atoms with Crippen molar-refractivity contribution in [1.82, 2.24) is 20.0 Å². The molecule has 0 aliphatic heterocycles. The van der Waals surface area contributed by atoms with Gasteiger partial charge in [0.2, 0.25) is 0 Å². The summed E-state index contributed by atoms with van der Waals surface area (Å²) in [5, 5.41) is 14.6. The summed E-state index contributed by atoms with van der Waals surface area (Å²) in [7, 11) is 0. The van der Waals surface area contributed by atoms with Crippen molar-refractivity contribution < 1.29 is 9.18 Å². The maximum Gasteiger partial charge on any atom is 0.276 e. The molecule has 2 aromatic carbocycles. The number of carbonyl (C=O) groups excluding carboxylic acids is 1. The second-order valence-corrected chi connectivity index (χ2v) is 5.63. The first-order chi connectivity index (χ1) is 12.2. The predicted molar refractivity (Wildman–Crippen MR) is 91.8 cm³/mol. The number of nitrogens with one attached hydrogen (secondary N) is 2. The standard InChI is InChI=1S/C18H14FN5O/c19-13-5-3-4-12(8-13)10-24-11-14(9-20-24)21-18(25)17-15-6-1-2-7-16(15)22-23-17/h1-9,11H,10H2,(H,21,25)(H,22,23). The van der Waals surface area contributed by atoms with Crippen LogP contribution in [0.1, 0.15) is 16.1 Å². The van der Waals surface area contributed by atoms with E-state index in [1.807, 2.05) is 30.3 Å². The minimum Gasteiger partial charge on any atom is -0.318 e. The topological polar surface area (TPSA) is 75.6 Å². The molecule has 0 saturated carbocycles. The summed E-state index contributed by atoms with van der Waals surface area (Å²) in [5.41, 5.74) is 2.47.